The van der Waals surface area contributed by atoms with Gasteiger partial charge in [-0.05, 0) is 24.5 Å². The van der Waals surface area contributed by atoms with E-state index >= 15 is 0 Å². The third kappa shape index (κ3) is 3.86. The van der Waals surface area contributed by atoms with Crippen LogP contribution in [0.25, 0.3) is 0 Å². The van der Waals surface area contributed by atoms with Gasteiger partial charge in [0.15, 0.2) is 5.92 Å². The van der Waals surface area contributed by atoms with Crippen LogP contribution in [0, 0.1) is 5.92 Å². The molecule has 0 fully saturated rings. The van der Waals surface area contributed by atoms with Gasteiger partial charge in [0.05, 0.1) is 14.2 Å². The van der Waals surface area contributed by atoms with E-state index < -0.39 is 17.9 Å². The van der Waals surface area contributed by atoms with Gasteiger partial charge in [-0.1, -0.05) is 6.07 Å². The van der Waals surface area contributed by atoms with Gasteiger partial charge in [0.25, 0.3) is 0 Å². The number of aromatic nitrogens is 1. The molecule has 0 aromatic carbocycles. The average Bonchev–Trinajstić information content (AvgIpc) is 2.39. The molecule has 1 heterocycles. The number of carbonyl (C=O) groups is 2. The number of hydrogen-bond acceptors (Lipinski definition) is 5. The molecule has 0 spiro atoms. The van der Waals surface area contributed by atoms with Crippen LogP contribution in [0.1, 0.15) is 12.0 Å². The van der Waals surface area contributed by atoms with Gasteiger partial charge in [-0.15, -0.1) is 0 Å². The van der Waals surface area contributed by atoms with E-state index in [1.807, 2.05) is 6.07 Å². The number of rotatable bonds is 5. The molecule has 5 heteroatoms. The highest BCUT2D eigenvalue weighted by atomic mass is 16.5. The normalized spacial score (nSPS) is 10.1. The molecule has 1 aromatic heterocycles. The van der Waals surface area contributed by atoms with Crippen LogP contribution in [0.4, 0.5) is 0 Å². The summed E-state index contributed by atoms with van der Waals surface area (Å²) in [5.41, 5.74) is 0.963. The first-order valence-corrected chi connectivity index (χ1v) is 5.23. The molecule has 0 unspecified atom stereocenters. The molecular weight excluding hydrogens is 222 g/mol. The van der Waals surface area contributed by atoms with Crippen LogP contribution in [0.5, 0.6) is 0 Å². The highest BCUT2D eigenvalue weighted by Crippen LogP contribution is 2.12. The van der Waals surface area contributed by atoms with E-state index in [0.29, 0.717) is 12.8 Å². The fourth-order valence-electron chi connectivity index (χ4n) is 1.47. The minimum atomic E-state index is -0.870. The first kappa shape index (κ1) is 13.2. The van der Waals surface area contributed by atoms with Crippen LogP contribution in [0.2, 0.25) is 0 Å². The summed E-state index contributed by atoms with van der Waals surface area (Å²) in [6.07, 6.45) is 4.29. The van der Waals surface area contributed by atoms with Gasteiger partial charge in [0.1, 0.15) is 0 Å². The zero-order chi connectivity index (χ0) is 12.7. The van der Waals surface area contributed by atoms with Crippen molar-refractivity contribution in [3.8, 4) is 0 Å². The third-order valence-electron chi connectivity index (χ3n) is 2.42. The molecule has 0 saturated carbocycles. The summed E-state index contributed by atoms with van der Waals surface area (Å²) in [5, 5.41) is 0. The van der Waals surface area contributed by atoms with Crippen molar-refractivity contribution in [2.45, 2.75) is 12.8 Å². The van der Waals surface area contributed by atoms with Crippen LogP contribution < -0.4 is 0 Å². The van der Waals surface area contributed by atoms with Gasteiger partial charge in [0.2, 0.25) is 0 Å². The standard InChI is InChI=1S/C12H15NO4/c1-16-11(14)10(12(15)17-2)6-5-9-4-3-7-13-8-9/h3-4,7-8,10H,5-6H2,1-2H3. The maximum Gasteiger partial charge on any atom is 0.320 e. The highest BCUT2D eigenvalue weighted by Gasteiger charge is 2.28. The smallest absolute Gasteiger partial charge is 0.320 e. The number of nitrogens with zero attached hydrogens (tertiary/aromatic N) is 1. The van der Waals surface area contributed by atoms with Crippen LogP contribution in [0.3, 0.4) is 0 Å². The molecule has 0 atom stereocenters. The number of ether oxygens (including phenoxy) is 2. The third-order valence-corrected chi connectivity index (χ3v) is 2.42. The summed E-state index contributed by atoms with van der Waals surface area (Å²) in [4.78, 5) is 26.8. The fourth-order valence-corrected chi connectivity index (χ4v) is 1.47. The summed E-state index contributed by atoms with van der Waals surface area (Å²) in [6, 6.07) is 3.69. The van der Waals surface area contributed by atoms with Crippen LogP contribution in [0.15, 0.2) is 24.5 Å². The van der Waals surface area contributed by atoms with Crippen molar-refractivity contribution in [2.75, 3.05) is 14.2 Å². The zero-order valence-electron chi connectivity index (χ0n) is 9.88. The topological polar surface area (TPSA) is 65.5 Å². The first-order chi connectivity index (χ1) is 8.19. The van der Waals surface area contributed by atoms with E-state index in [0.717, 1.165) is 5.56 Å². The van der Waals surface area contributed by atoms with Gasteiger partial charge in [0, 0.05) is 12.4 Å². The average molecular weight is 237 g/mol. The fraction of sp³-hybridized carbons (Fsp3) is 0.417. The molecule has 92 valence electrons. The summed E-state index contributed by atoms with van der Waals surface area (Å²) in [7, 11) is 2.50. The lowest BCUT2D eigenvalue weighted by molar-refractivity contribution is -0.159. The van der Waals surface area contributed by atoms with Gasteiger partial charge in [-0.25, -0.2) is 0 Å². The molecule has 0 saturated heterocycles. The van der Waals surface area contributed by atoms with E-state index in [-0.39, 0.29) is 0 Å². The summed E-state index contributed by atoms with van der Waals surface area (Å²) < 4.78 is 9.14. The summed E-state index contributed by atoms with van der Waals surface area (Å²) in [5.74, 6) is -2.01. The van der Waals surface area contributed by atoms with E-state index in [4.69, 9.17) is 0 Å². The van der Waals surface area contributed by atoms with E-state index in [2.05, 4.69) is 14.5 Å². The molecule has 0 bridgehead atoms. The Hall–Kier alpha value is -1.91. The van der Waals surface area contributed by atoms with E-state index in [9.17, 15) is 9.59 Å². The van der Waals surface area contributed by atoms with Gasteiger partial charge >= 0.3 is 11.9 Å². The Labute approximate surface area is 99.8 Å². The predicted octanol–water partition coefficient (Wildman–Crippen LogP) is 0.976. The Morgan fingerprint density at radius 3 is 2.41 bits per heavy atom. The van der Waals surface area contributed by atoms with Crippen molar-refractivity contribution in [3.63, 3.8) is 0 Å². The SMILES string of the molecule is COC(=O)C(CCc1cccnc1)C(=O)OC. The molecule has 5 nitrogen and oxygen atoms in total. The lowest BCUT2D eigenvalue weighted by atomic mass is 10.0. The number of pyridine rings is 1. The summed E-state index contributed by atoms with van der Waals surface area (Å²) in [6.45, 7) is 0. The van der Waals surface area contributed by atoms with Crippen LogP contribution in [-0.2, 0) is 25.5 Å². The van der Waals surface area contributed by atoms with Crippen molar-refractivity contribution in [1.29, 1.82) is 0 Å². The molecule has 1 aromatic rings. The van der Waals surface area contributed by atoms with Crippen molar-refractivity contribution < 1.29 is 19.1 Å². The molecule has 17 heavy (non-hydrogen) atoms. The molecule has 0 radical (unpaired) electrons. The van der Waals surface area contributed by atoms with E-state index in [1.165, 1.54) is 14.2 Å². The molecule has 0 amide bonds. The quantitative estimate of drug-likeness (QED) is 0.564. The second kappa shape index (κ2) is 6.62. The highest BCUT2D eigenvalue weighted by molar-refractivity contribution is 5.94. The number of carbonyl (C=O) groups excluding carboxylic acids is 2. The molecular formula is C12H15NO4. The monoisotopic (exact) mass is 237 g/mol. The van der Waals surface area contributed by atoms with Gasteiger partial charge in [-0.2, -0.15) is 0 Å². The van der Waals surface area contributed by atoms with Crippen LogP contribution in [-0.4, -0.2) is 31.1 Å². The lowest BCUT2D eigenvalue weighted by Crippen LogP contribution is -2.27. The molecule has 0 aliphatic heterocycles. The number of methoxy groups -OCH3 is 2. The lowest BCUT2D eigenvalue weighted by Gasteiger charge is -2.11. The van der Waals surface area contributed by atoms with Crippen molar-refractivity contribution in [3.05, 3.63) is 30.1 Å². The first-order valence-electron chi connectivity index (χ1n) is 5.23. The maximum atomic E-state index is 11.4. The van der Waals surface area contributed by atoms with Crippen LogP contribution >= 0.6 is 0 Å². The number of esters is 2. The maximum absolute atomic E-state index is 11.4. The van der Waals surface area contributed by atoms with Crippen molar-refractivity contribution in [2.24, 2.45) is 5.92 Å². The second-order valence-electron chi connectivity index (χ2n) is 3.50. The Morgan fingerprint density at radius 1 is 1.29 bits per heavy atom. The molecule has 0 N–H and O–H groups in total. The predicted molar refractivity (Wildman–Crippen MR) is 60.1 cm³/mol. The molecule has 1 rings (SSSR count). The Morgan fingerprint density at radius 2 is 1.94 bits per heavy atom. The minimum absolute atomic E-state index is 0.352. The number of hydrogen-bond donors (Lipinski definition) is 0. The van der Waals surface area contributed by atoms with Gasteiger partial charge < -0.3 is 9.47 Å². The Balaban J connectivity index is 2.61. The Kier molecular flexibility index (Phi) is 5.13. The van der Waals surface area contributed by atoms with E-state index in [1.54, 1.807) is 18.5 Å². The largest absolute Gasteiger partial charge is 0.468 e. The minimum Gasteiger partial charge on any atom is -0.468 e. The Bertz CT molecular complexity index is 361. The molecule has 0 aliphatic carbocycles. The number of aryl methyl sites for hydroxylation is 1. The van der Waals surface area contributed by atoms with Crippen molar-refractivity contribution >= 4 is 11.9 Å². The second-order valence-corrected chi connectivity index (χ2v) is 3.50. The van der Waals surface area contributed by atoms with Crippen molar-refractivity contribution in [1.82, 2.24) is 4.98 Å². The molecule has 0 aliphatic rings. The zero-order valence-corrected chi connectivity index (χ0v) is 9.88. The van der Waals surface area contributed by atoms with Gasteiger partial charge in [-0.3, -0.25) is 14.6 Å². The summed E-state index contributed by atoms with van der Waals surface area (Å²) >= 11 is 0.